The van der Waals surface area contributed by atoms with E-state index in [0.29, 0.717) is 0 Å². The lowest BCUT2D eigenvalue weighted by atomic mass is 10.2. The molecular weight excluding hydrogens is 178 g/mol. The summed E-state index contributed by atoms with van der Waals surface area (Å²) >= 11 is 0. The van der Waals surface area contributed by atoms with Gasteiger partial charge in [0.05, 0.1) is 0 Å². The summed E-state index contributed by atoms with van der Waals surface area (Å²) in [6.45, 7) is 7.63. The average molecular weight is 201 g/mol. The van der Waals surface area contributed by atoms with Crippen LogP contribution < -0.4 is 5.73 Å². The molecule has 0 bridgehead atoms. The highest BCUT2D eigenvalue weighted by atomic mass is 16.6. The first-order valence-electron chi connectivity index (χ1n) is 5.29. The molecule has 2 N–H and O–H groups in total. The molecule has 3 nitrogen and oxygen atoms in total. The van der Waals surface area contributed by atoms with Gasteiger partial charge in [-0.15, -0.1) is 0 Å². The fraction of sp³-hybridized carbons (Fsp3) is 0.909. The molecule has 1 aliphatic carbocycles. The summed E-state index contributed by atoms with van der Waals surface area (Å²) in [5, 5.41) is 0. The molecule has 0 aromatic rings. The summed E-state index contributed by atoms with van der Waals surface area (Å²) < 4.78 is 4.58. The Bertz CT molecular complexity index is 167. The van der Waals surface area contributed by atoms with Crippen molar-refractivity contribution < 1.29 is 9.53 Å². The van der Waals surface area contributed by atoms with Crippen LogP contribution in [0, 0.1) is 5.92 Å². The summed E-state index contributed by atoms with van der Waals surface area (Å²) in [7, 11) is 0. The summed E-state index contributed by atoms with van der Waals surface area (Å²) in [6, 6.07) is 0. The van der Waals surface area contributed by atoms with E-state index in [0.717, 1.165) is 5.92 Å². The van der Waals surface area contributed by atoms with Crippen LogP contribution in [0.1, 0.15) is 53.4 Å². The van der Waals surface area contributed by atoms with Gasteiger partial charge in [-0.25, -0.2) is 4.79 Å². The molecule has 3 heteroatoms. The Morgan fingerprint density at radius 3 is 1.79 bits per heavy atom. The summed E-state index contributed by atoms with van der Waals surface area (Å²) in [4.78, 5) is 10.0. The second-order valence-corrected chi connectivity index (χ2v) is 4.92. The van der Waals surface area contributed by atoms with Gasteiger partial charge in [0, 0.05) is 0 Å². The van der Waals surface area contributed by atoms with Crippen molar-refractivity contribution in [1.29, 1.82) is 0 Å². The molecule has 1 rings (SSSR count). The number of carbonyl (C=O) groups excluding carboxylic acids is 1. The van der Waals surface area contributed by atoms with Crippen molar-refractivity contribution in [2.45, 2.75) is 59.0 Å². The fourth-order valence-corrected chi connectivity index (χ4v) is 1.43. The number of rotatable bonds is 0. The number of amides is 1. The molecule has 84 valence electrons. The standard InChI is InChI=1S/C6H12.C5H11NO2/c1-6-4-2-3-5-6;1-5(2,3)8-4(6)7/h6H,2-5H2,1H3;1-3H3,(H2,6,7). The van der Waals surface area contributed by atoms with Crippen LogP contribution in [0.4, 0.5) is 4.79 Å². The van der Waals surface area contributed by atoms with E-state index in [9.17, 15) is 4.79 Å². The van der Waals surface area contributed by atoms with E-state index in [-0.39, 0.29) is 0 Å². The zero-order valence-electron chi connectivity index (χ0n) is 9.80. The number of nitrogens with two attached hydrogens (primary N) is 1. The third-order valence-electron chi connectivity index (χ3n) is 2.05. The number of ether oxygens (including phenoxy) is 1. The van der Waals surface area contributed by atoms with Crippen molar-refractivity contribution in [3.63, 3.8) is 0 Å². The van der Waals surface area contributed by atoms with Gasteiger partial charge in [-0.2, -0.15) is 0 Å². The summed E-state index contributed by atoms with van der Waals surface area (Å²) in [5.74, 6) is 1.05. The van der Waals surface area contributed by atoms with Crippen LogP contribution in [0.2, 0.25) is 0 Å². The topological polar surface area (TPSA) is 52.3 Å². The van der Waals surface area contributed by atoms with Crippen molar-refractivity contribution in [2.24, 2.45) is 11.7 Å². The van der Waals surface area contributed by atoms with Gasteiger partial charge in [-0.1, -0.05) is 32.6 Å². The highest BCUT2D eigenvalue weighted by Gasteiger charge is 2.12. The zero-order chi connectivity index (χ0) is 11.2. The quantitative estimate of drug-likeness (QED) is 0.654. The molecule has 0 unspecified atom stereocenters. The van der Waals surface area contributed by atoms with Crippen molar-refractivity contribution in [1.82, 2.24) is 0 Å². The van der Waals surface area contributed by atoms with Crippen molar-refractivity contribution in [3.8, 4) is 0 Å². The van der Waals surface area contributed by atoms with Gasteiger partial charge < -0.3 is 10.5 Å². The molecule has 1 saturated carbocycles. The summed E-state index contributed by atoms with van der Waals surface area (Å²) in [6.07, 6.45) is 5.22. The van der Waals surface area contributed by atoms with Gasteiger partial charge in [-0.3, -0.25) is 0 Å². The molecule has 0 atom stereocenters. The van der Waals surface area contributed by atoms with Crippen LogP contribution in [0.3, 0.4) is 0 Å². The minimum absolute atomic E-state index is 0.453. The Labute approximate surface area is 87.0 Å². The van der Waals surface area contributed by atoms with Gasteiger partial charge in [0.2, 0.25) is 0 Å². The molecule has 0 radical (unpaired) electrons. The number of primary amides is 1. The lowest BCUT2D eigenvalue weighted by Crippen LogP contribution is -2.27. The maximum Gasteiger partial charge on any atom is 0.405 e. The lowest BCUT2D eigenvalue weighted by Gasteiger charge is -2.16. The molecule has 0 aliphatic heterocycles. The zero-order valence-corrected chi connectivity index (χ0v) is 9.80. The smallest absolute Gasteiger partial charge is 0.405 e. The minimum atomic E-state index is -0.725. The Morgan fingerprint density at radius 1 is 1.29 bits per heavy atom. The van der Waals surface area contributed by atoms with E-state index in [2.05, 4.69) is 11.7 Å². The van der Waals surface area contributed by atoms with Crippen molar-refractivity contribution in [2.75, 3.05) is 0 Å². The maximum absolute atomic E-state index is 10.0. The normalized spacial score (nSPS) is 17.1. The highest BCUT2D eigenvalue weighted by Crippen LogP contribution is 2.22. The lowest BCUT2D eigenvalue weighted by molar-refractivity contribution is 0.0600. The van der Waals surface area contributed by atoms with Gasteiger partial charge >= 0.3 is 6.09 Å². The van der Waals surface area contributed by atoms with E-state index in [1.54, 1.807) is 20.8 Å². The first-order chi connectivity index (χ1) is 6.31. The van der Waals surface area contributed by atoms with Gasteiger partial charge in [-0.05, 0) is 26.7 Å². The minimum Gasteiger partial charge on any atom is -0.444 e. The SMILES string of the molecule is CC(C)(C)OC(N)=O.CC1CCCC1. The molecular formula is C11H23NO2. The van der Waals surface area contributed by atoms with Crippen LogP contribution in [0.25, 0.3) is 0 Å². The Morgan fingerprint density at radius 2 is 1.71 bits per heavy atom. The van der Waals surface area contributed by atoms with Gasteiger partial charge in [0.15, 0.2) is 0 Å². The molecule has 0 aromatic carbocycles. The van der Waals surface area contributed by atoms with E-state index in [1.165, 1.54) is 25.7 Å². The third-order valence-corrected chi connectivity index (χ3v) is 2.05. The van der Waals surface area contributed by atoms with E-state index < -0.39 is 11.7 Å². The van der Waals surface area contributed by atoms with Crippen LogP contribution in [-0.2, 0) is 4.74 Å². The van der Waals surface area contributed by atoms with Crippen LogP contribution in [-0.4, -0.2) is 11.7 Å². The molecule has 0 saturated heterocycles. The average Bonchev–Trinajstić information content (AvgIpc) is 2.34. The first kappa shape index (κ1) is 13.3. The van der Waals surface area contributed by atoms with E-state index in [4.69, 9.17) is 5.73 Å². The monoisotopic (exact) mass is 201 g/mol. The molecule has 0 spiro atoms. The molecule has 1 aliphatic rings. The second-order valence-electron chi connectivity index (χ2n) is 4.92. The molecule has 1 fully saturated rings. The van der Waals surface area contributed by atoms with Gasteiger partial charge in [0.25, 0.3) is 0 Å². The molecule has 0 heterocycles. The second kappa shape index (κ2) is 5.89. The Balaban J connectivity index is 0.000000249. The van der Waals surface area contributed by atoms with Crippen LogP contribution in [0.5, 0.6) is 0 Å². The van der Waals surface area contributed by atoms with Crippen molar-refractivity contribution in [3.05, 3.63) is 0 Å². The van der Waals surface area contributed by atoms with E-state index in [1.807, 2.05) is 0 Å². The largest absolute Gasteiger partial charge is 0.444 e. The van der Waals surface area contributed by atoms with E-state index >= 15 is 0 Å². The number of hydrogen-bond donors (Lipinski definition) is 1. The maximum atomic E-state index is 10.0. The predicted octanol–water partition coefficient (Wildman–Crippen LogP) is 3.08. The number of carbonyl (C=O) groups is 1. The molecule has 14 heavy (non-hydrogen) atoms. The highest BCUT2D eigenvalue weighted by molar-refractivity contribution is 5.65. The van der Waals surface area contributed by atoms with Crippen molar-refractivity contribution >= 4 is 6.09 Å². The first-order valence-corrected chi connectivity index (χ1v) is 5.29. The fourth-order valence-electron chi connectivity index (χ4n) is 1.43. The molecule has 1 amide bonds. The predicted molar refractivity (Wildman–Crippen MR) is 58.1 cm³/mol. The third kappa shape index (κ3) is 9.36. The molecule has 0 aromatic heterocycles. The van der Waals surface area contributed by atoms with Crippen LogP contribution >= 0.6 is 0 Å². The summed E-state index contributed by atoms with van der Waals surface area (Å²) in [5.41, 5.74) is 4.26. The Kier molecular flexibility index (Phi) is 5.58. The number of hydrogen-bond acceptors (Lipinski definition) is 2. The van der Waals surface area contributed by atoms with Crippen LogP contribution in [0.15, 0.2) is 0 Å². The Hall–Kier alpha value is -0.730. The van der Waals surface area contributed by atoms with Gasteiger partial charge in [0.1, 0.15) is 5.60 Å².